The predicted molar refractivity (Wildman–Crippen MR) is 85.1 cm³/mol. The predicted octanol–water partition coefficient (Wildman–Crippen LogP) is 2.22. The van der Waals surface area contributed by atoms with Crippen LogP contribution in [0.4, 0.5) is 0 Å². The Kier molecular flexibility index (Phi) is 7.93. The number of nitrogens with one attached hydrogen (secondary N) is 1. The fraction of sp³-hybridized carbons (Fsp3) is 0.875. The monoisotopic (exact) mass is 300 g/mol. The molecular weight excluding hydrogens is 268 g/mol. The molecule has 0 aromatic heterocycles. The van der Waals surface area contributed by atoms with Gasteiger partial charge >= 0.3 is 5.97 Å². The van der Waals surface area contributed by atoms with Gasteiger partial charge in [-0.15, -0.1) is 0 Å². The van der Waals surface area contributed by atoms with Crippen LogP contribution in [-0.4, -0.2) is 48.6 Å². The number of aliphatic carboxylic acids is 1. The van der Waals surface area contributed by atoms with E-state index in [-0.39, 0.29) is 24.3 Å². The van der Waals surface area contributed by atoms with Crippen molar-refractivity contribution in [1.82, 2.24) is 10.2 Å². The highest BCUT2D eigenvalue weighted by Gasteiger charge is 2.39. The highest BCUT2D eigenvalue weighted by Crippen LogP contribution is 2.31. The number of carboxylic acid groups (broad SMARTS) is 1. The second-order valence-corrected chi connectivity index (χ2v) is 7.21. The van der Waals surface area contributed by atoms with Crippen LogP contribution in [0.2, 0.25) is 0 Å². The number of likely N-dealkylation sites (N-methyl/N-ethyl adjacent to an activating group) is 1. The van der Waals surface area contributed by atoms with E-state index in [1.165, 1.54) is 0 Å². The molecule has 5 nitrogen and oxygen atoms in total. The summed E-state index contributed by atoms with van der Waals surface area (Å²) in [6.45, 7) is 10.3. The Labute approximate surface area is 129 Å². The molecule has 2 atom stereocenters. The maximum atomic E-state index is 12.2. The molecule has 0 rings (SSSR count). The first-order valence-corrected chi connectivity index (χ1v) is 7.66. The van der Waals surface area contributed by atoms with Gasteiger partial charge in [-0.3, -0.25) is 9.59 Å². The summed E-state index contributed by atoms with van der Waals surface area (Å²) in [5.41, 5.74) is -1.02. The Hall–Kier alpha value is -1.10. The van der Waals surface area contributed by atoms with Crippen LogP contribution >= 0.6 is 0 Å². The third kappa shape index (κ3) is 6.93. The summed E-state index contributed by atoms with van der Waals surface area (Å²) in [5, 5.41) is 12.4. The summed E-state index contributed by atoms with van der Waals surface area (Å²) >= 11 is 0. The Morgan fingerprint density at radius 2 is 1.71 bits per heavy atom. The topological polar surface area (TPSA) is 69.6 Å². The lowest BCUT2D eigenvalue weighted by atomic mass is 9.76. The van der Waals surface area contributed by atoms with Crippen LogP contribution in [-0.2, 0) is 9.59 Å². The molecule has 0 aromatic rings. The van der Waals surface area contributed by atoms with E-state index in [1.807, 2.05) is 32.8 Å². The minimum Gasteiger partial charge on any atom is -0.481 e. The molecule has 5 heteroatoms. The lowest BCUT2D eigenvalue weighted by Crippen LogP contribution is -2.46. The van der Waals surface area contributed by atoms with Gasteiger partial charge < -0.3 is 15.3 Å². The van der Waals surface area contributed by atoms with E-state index < -0.39 is 11.4 Å². The molecule has 0 aliphatic carbocycles. The molecule has 124 valence electrons. The summed E-state index contributed by atoms with van der Waals surface area (Å²) < 4.78 is 0. The van der Waals surface area contributed by atoms with Crippen molar-refractivity contribution in [3.63, 3.8) is 0 Å². The van der Waals surface area contributed by atoms with Gasteiger partial charge in [-0.2, -0.15) is 0 Å². The number of carbonyl (C=O) groups is 2. The van der Waals surface area contributed by atoms with E-state index in [0.717, 1.165) is 13.0 Å². The average Bonchev–Trinajstić information content (AvgIpc) is 2.25. The van der Waals surface area contributed by atoms with Crippen molar-refractivity contribution in [2.24, 2.45) is 17.3 Å². The molecule has 0 heterocycles. The molecule has 0 spiro atoms. The van der Waals surface area contributed by atoms with E-state index >= 15 is 0 Å². The molecule has 1 amide bonds. The first-order valence-electron chi connectivity index (χ1n) is 7.66. The largest absolute Gasteiger partial charge is 0.481 e. The van der Waals surface area contributed by atoms with Gasteiger partial charge in [-0.1, -0.05) is 27.7 Å². The minimum absolute atomic E-state index is 0.0159. The molecule has 0 saturated carbocycles. The first kappa shape index (κ1) is 19.9. The zero-order chi connectivity index (χ0) is 16.8. The van der Waals surface area contributed by atoms with Crippen molar-refractivity contribution in [3.05, 3.63) is 0 Å². The zero-order valence-corrected chi connectivity index (χ0v) is 14.6. The van der Waals surface area contributed by atoms with Crippen molar-refractivity contribution >= 4 is 11.9 Å². The highest BCUT2D eigenvalue weighted by molar-refractivity contribution is 5.85. The average molecular weight is 300 g/mol. The second kappa shape index (κ2) is 8.37. The van der Waals surface area contributed by atoms with E-state index in [9.17, 15) is 14.7 Å². The van der Waals surface area contributed by atoms with Gasteiger partial charge in [0.15, 0.2) is 0 Å². The highest BCUT2D eigenvalue weighted by atomic mass is 16.4. The molecule has 2 unspecified atom stereocenters. The second-order valence-electron chi connectivity index (χ2n) is 7.21. The molecule has 0 radical (unpaired) electrons. The molecule has 0 aromatic carbocycles. The number of hydrogen-bond acceptors (Lipinski definition) is 3. The molecule has 2 N–H and O–H groups in total. The Morgan fingerprint density at radius 3 is 2.05 bits per heavy atom. The molecule has 0 aliphatic rings. The van der Waals surface area contributed by atoms with E-state index in [1.54, 1.807) is 6.92 Å². The smallest absolute Gasteiger partial charge is 0.310 e. The van der Waals surface area contributed by atoms with E-state index in [0.29, 0.717) is 5.92 Å². The lowest BCUT2D eigenvalue weighted by Gasteiger charge is -2.30. The standard InChI is InChI=1S/C16H32N2O3/c1-11(2)8-13(10-18(6)7)17-14(19)9-16(5,12(3)4)15(20)21/h11-13H,8-10H2,1-7H3,(H,17,19)(H,20,21). The third-order valence-electron chi connectivity index (χ3n) is 4.00. The third-order valence-corrected chi connectivity index (χ3v) is 4.00. The SMILES string of the molecule is CC(C)CC(CN(C)C)NC(=O)CC(C)(C(=O)O)C(C)C. The number of hydrogen-bond donors (Lipinski definition) is 2. The quantitative estimate of drug-likeness (QED) is 0.685. The van der Waals surface area contributed by atoms with Gasteiger partial charge in [0.2, 0.25) is 5.91 Å². The van der Waals surface area contributed by atoms with Crippen molar-refractivity contribution in [2.75, 3.05) is 20.6 Å². The van der Waals surface area contributed by atoms with Gasteiger partial charge in [0.25, 0.3) is 0 Å². The summed E-state index contributed by atoms with van der Waals surface area (Å²) in [6, 6.07) is 0.0534. The van der Waals surface area contributed by atoms with Gasteiger partial charge in [0.05, 0.1) is 5.41 Å². The van der Waals surface area contributed by atoms with Gasteiger partial charge in [-0.05, 0) is 39.3 Å². The fourth-order valence-corrected chi connectivity index (χ4v) is 2.33. The molecular formula is C16H32N2O3. The minimum atomic E-state index is -1.02. The maximum Gasteiger partial charge on any atom is 0.310 e. The Balaban J connectivity index is 4.79. The van der Waals surface area contributed by atoms with Crippen LogP contribution in [0.5, 0.6) is 0 Å². The number of carbonyl (C=O) groups excluding carboxylic acids is 1. The molecule has 0 bridgehead atoms. The maximum absolute atomic E-state index is 12.2. The molecule has 0 aliphatic heterocycles. The van der Waals surface area contributed by atoms with Crippen molar-refractivity contribution in [1.29, 1.82) is 0 Å². The zero-order valence-electron chi connectivity index (χ0n) is 14.6. The van der Waals surface area contributed by atoms with Crippen LogP contribution in [0.1, 0.15) is 47.5 Å². The van der Waals surface area contributed by atoms with Crippen LogP contribution in [0.15, 0.2) is 0 Å². The lowest BCUT2D eigenvalue weighted by molar-refractivity contribution is -0.153. The summed E-state index contributed by atoms with van der Waals surface area (Å²) in [6.07, 6.45) is 0.900. The number of amides is 1. The van der Waals surface area contributed by atoms with E-state index in [2.05, 4.69) is 19.2 Å². The number of nitrogens with zero attached hydrogens (tertiary/aromatic N) is 1. The van der Waals surface area contributed by atoms with Crippen LogP contribution in [0.25, 0.3) is 0 Å². The van der Waals surface area contributed by atoms with Gasteiger partial charge in [0.1, 0.15) is 0 Å². The van der Waals surface area contributed by atoms with Crippen LogP contribution in [0.3, 0.4) is 0 Å². The van der Waals surface area contributed by atoms with Gasteiger partial charge in [0, 0.05) is 19.0 Å². The molecule has 21 heavy (non-hydrogen) atoms. The molecule has 0 fully saturated rings. The van der Waals surface area contributed by atoms with Crippen molar-refractivity contribution in [3.8, 4) is 0 Å². The normalized spacial score (nSPS) is 16.1. The fourth-order valence-electron chi connectivity index (χ4n) is 2.33. The summed E-state index contributed by atoms with van der Waals surface area (Å²) in [7, 11) is 3.93. The first-order chi connectivity index (χ1) is 9.48. The van der Waals surface area contributed by atoms with Crippen LogP contribution < -0.4 is 5.32 Å². The van der Waals surface area contributed by atoms with Crippen molar-refractivity contribution < 1.29 is 14.7 Å². The van der Waals surface area contributed by atoms with Gasteiger partial charge in [-0.25, -0.2) is 0 Å². The Morgan fingerprint density at radius 1 is 1.19 bits per heavy atom. The summed E-state index contributed by atoms with van der Waals surface area (Å²) in [4.78, 5) is 25.7. The summed E-state index contributed by atoms with van der Waals surface area (Å²) in [5.74, 6) is -0.717. The number of carboxylic acids is 1. The number of rotatable bonds is 9. The van der Waals surface area contributed by atoms with Crippen LogP contribution in [0, 0.1) is 17.3 Å². The van der Waals surface area contributed by atoms with Crippen molar-refractivity contribution in [2.45, 2.75) is 53.5 Å². The molecule has 0 saturated heterocycles. The van der Waals surface area contributed by atoms with E-state index in [4.69, 9.17) is 0 Å². The Bertz CT molecular complexity index is 343.